The van der Waals surface area contributed by atoms with E-state index in [1.165, 1.54) is 35.4 Å². The summed E-state index contributed by atoms with van der Waals surface area (Å²) < 4.78 is 53.4. The number of benzene rings is 3. The van der Waals surface area contributed by atoms with Crippen molar-refractivity contribution in [1.29, 1.82) is 0 Å². The van der Waals surface area contributed by atoms with Crippen molar-refractivity contribution in [2.75, 3.05) is 48.6 Å². The zero-order valence-electron chi connectivity index (χ0n) is 24.0. The Morgan fingerprint density at radius 1 is 0.902 bits per heavy atom. The van der Waals surface area contributed by atoms with Crippen molar-refractivity contribution in [3.05, 3.63) is 77.4 Å². The van der Waals surface area contributed by atoms with Crippen molar-refractivity contribution in [2.24, 2.45) is 0 Å². The first-order chi connectivity index (χ1) is 19.4. The first-order valence-electron chi connectivity index (χ1n) is 13.0. The summed E-state index contributed by atoms with van der Waals surface area (Å²) in [5.74, 6) is 1.99. The molecule has 2 atom stereocenters. The lowest BCUT2D eigenvalue weighted by Crippen LogP contribution is -2.53. The summed E-state index contributed by atoms with van der Waals surface area (Å²) in [6.07, 6.45) is 1.72. The van der Waals surface area contributed by atoms with Gasteiger partial charge in [0.25, 0.3) is 0 Å². The van der Waals surface area contributed by atoms with E-state index >= 15 is 0 Å². The highest BCUT2D eigenvalue weighted by Gasteiger charge is 2.40. The fraction of sp³-hybridized carbons (Fsp3) is 0.367. The van der Waals surface area contributed by atoms with Gasteiger partial charge in [0.05, 0.1) is 59.9 Å². The number of hydrogen-bond acceptors (Lipinski definition) is 8. The number of fused-ring (bicyclic) bond motifs is 1. The van der Waals surface area contributed by atoms with Gasteiger partial charge in [0.15, 0.2) is 23.0 Å². The highest BCUT2D eigenvalue weighted by molar-refractivity contribution is 7.85. The van der Waals surface area contributed by atoms with Crippen LogP contribution in [-0.4, -0.2) is 77.1 Å². The predicted octanol–water partition coefficient (Wildman–Crippen LogP) is 4.07. The molecule has 41 heavy (non-hydrogen) atoms. The minimum absolute atomic E-state index is 0.0704. The zero-order chi connectivity index (χ0) is 30.2. The molecule has 4 rings (SSSR count). The summed E-state index contributed by atoms with van der Waals surface area (Å²) in [5.41, 5.74) is 3.49. The van der Waals surface area contributed by atoms with Crippen molar-refractivity contribution in [3.63, 3.8) is 0 Å². The lowest BCUT2D eigenvalue weighted by Gasteiger charge is -2.46. The van der Waals surface area contributed by atoms with Gasteiger partial charge in [0, 0.05) is 18.4 Å². The zero-order valence-corrected chi connectivity index (χ0v) is 24.8. The van der Waals surface area contributed by atoms with Crippen molar-refractivity contribution in [2.45, 2.75) is 30.2 Å². The van der Waals surface area contributed by atoms with Crippen LogP contribution >= 0.6 is 0 Å². The third-order valence-electron chi connectivity index (χ3n) is 7.39. The van der Waals surface area contributed by atoms with Crippen LogP contribution in [0.5, 0.6) is 23.0 Å². The van der Waals surface area contributed by atoms with Crippen LogP contribution in [0, 0.1) is 0 Å². The van der Waals surface area contributed by atoms with Gasteiger partial charge >= 0.3 is 5.97 Å². The molecule has 3 aromatic rings. The van der Waals surface area contributed by atoms with Gasteiger partial charge in [0.2, 0.25) is 0 Å². The molecule has 1 aliphatic heterocycles. The van der Waals surface area contributed by atoms with Crippen molar-refractivity contribution >= 4 is 16.1 Å². The predicted molar refractivity (Wildman–Crippen MR) is 152 cm³/mol. The molecule has 11 heteroatoms. The minimum Gasteiger partial charge on any atom is -0.744 e. The third kappa shape index (κ3) is 7.90. The van der Waals surface area contributed by atoms with Gasteiger partial charge in [-0.25, -0.2) is 8.42 Å². The minimum atomic E-state index is -4.25. The smallest absolute Gasteiger partial charge is 0.309 e. The number of likely N-dealkylation sites (N-methyl/N-ethyl adjacent to an activating group) is 1. The van der Waals surface area contributed by atoms with Crippen LogP contribution in [0.25, 0.3) is 0 Å². The number of carboxylic acids is 1. The average Bonchev–Trinajstić information content (AvgIpc) is 2.97. The Balaban J connectivity index is 0.000000389. The highest BCUT2D eigenvalue weighted by Crippen LogP contribution is 2.43. The molecule has 3 aromatic carbocycles. The third-order valence-corrected chi connectivity index (χ3v) is 8.24. The molecular weight excluding hydrogens is 550 g/mol. The van der Waals surface area contributed by atoms with Crippen LogP contribution in [0.15, 0.2) is 65.6 Å². The lowest BCUT2D eigenvalue weighted by molar-refractivity contribution is -0.940. The first-order valence-corrected chi connectivity index (χ1v) is 14.4. The van der Waals surface area contributed by atoms with E-state index in [1.54, 1.807) is 34.5 Å². The first kappa shape index (κ1) is 31.7. The SMILES string of the molecule is COc1ccc(C[C@@H]2c3cc(OC)c(OC)cc3CC[N+]2(C)CCC(=O)O)cc1OC.O=S(=O)([O-])c1ccccc1. The quantitative estimate of drug-likeness (QED) is 0.275. The fourth-order valence-corrected chi connectivity index (χ4v) is 5.59. The number of carboxylic acid groups (broad SMARTS) is 1. The van der Waals surface area contributed by atoms with Gasteiger partial charge in [-0.2, -0.15) is 0 Å². The Morgan fingerprint density at radius 3 is 2.02 bits per heavy atom. The molecule has 1 N–H and O–H groups in total. The Hall–Kier alpha value is -3.80. The molecule has 0 spiro atoms. The van der Waals surface area contributed by atoms with Crippen LogP contribution in [0.1, 0.15) is 29.2 Å². The molecule has 0 fully saturated rings. The summed E-state index contributed by atoms with van der Waals surface area (Å²) >= 11 is 0. The number of nitrogens with zero attached hydrogens (tertiary/aromatic N) is 1. The second-order valence-electron chi connectivity index (χ2n) is 9.90. The molecule has 1 aliphatic rings. The van der Waals surface area contributed by atoms with E-state index in [-0.39, 0.29) is 17.4 Å². The number of quaternary nitrogens is 1. The summed E-state index contributed by atoms with van der Waals surface area (Å²) in [5, 5.41) is 9.33. The van der Waals surface area contributed by atoms with Crippen molar-refractivity contribution in [3.8, 4) is 23.0 Å². The molecule has 0 aliphatic carbocycles. The highest BCUT2D eigenvalue weighted by atomic mass is 32.2. The van der Waals surface area contributed by atoms with Crippen LogP contribution in [0.4, 0.5) is 0 Å². The molecule has 1 unspecified atom stereocenters. The number of aliphatic carboxylic acids is 1. The molecule has 0 saturated heterocycles. The second-order valence-corrected chi connectivity index (χ2v) is 11.3. The number of methoxy groups -OCH3 is 4. The van der Waals surface area contributed by atoms with Gasteiger partial charge in [0.1, 0.15) is 16.2 Å². The summed E-state index contributed by atoms with van der Waals surface area (Å²) in [6, 6.07) is 17.3. The maximum absolute atomic E-state index is 11.4. The molecule has 0 radical (unpaired) electrons. The van der Waals surface area contributed by atoms with Gasteiger partial charge in [-0.05, 0) is 47.5 Å². The fourth-order valence-electron chi connectivity index (χ4n) is 5.10. The van der Waals surface area contributed by atoms with Gasteiger partial charge in [-0.3, -0.25) is 4.79 Å². The van der Waals surface area contributed by atoms with Crippen molar-refractivity contribution in [1.82, 2.24) is 0 Å². The van der Waals surface area contributed by atoms with Gasteiger partial charge in [-0.15, -0.1) is 0 Å². The largest absolute Gasteiger partial charge is 0.744 e. The monoisotopic (exact) mass is 587 g/mol. The number of carbonyl (C=O) groups is 1. The van der Waals surface area contributed by atoms with E-state index in [1.807, 2.05) is 18.2 Å². The average molecular weight is 588 g/mol. The Kier molecular flexibility index (Phi) is 10.6. The maximum atomic E-state index is 11.4. The number of rotatable bonds is 10. The maximum Gasteiger partial charge on any atom is 0.309 e. The molecule has 1 heterocycles. The normalized spacial score (nSPS) is 17.9. The molecule has 0 amide bonds. The molecule has 0 bridgehead atoms. The van der Waals surface area contributed by atoms with Crippen LogP contribution in [0.3, 0.4) is 0 Å². The van der Waals surface area contributed by atoms with E-state index in [2.05, 4.69) is 19.2 Å². The van der Waals surface area contributed by atoms with Crippen LogP contribution < -0.4 is 18.9 Å². The van der Waals surface area contributed by atoms with E-state index in [0.717, 1.165) is 24.9 Å². The Bertz CT molecular complexity index is 1440. The van der Waals surface area contributed by atoms with Crippen molar-refractivity contribution < 1.29 is 46.3 Å². The topological polar surface area (TPSA) is 131 Å². The summed E-state index contributed by atoms with van der Waals surface area (Å²) in [6.45, 7) is 1.41. The number of hydrogen-bond donors (Lipinski definition) is 1. The molecule has 10 nitrogen and oxygen atoms in total. The van der Waals surface area contributed by atoms with Crippen LogP contribution in [-0.2, 0) is 27.8 Å². The molecular formula is C30H37NO9S. The molecule has 222 valence electrons. The Labute approximate surface area is 241 Å². The molecule has 0 saturated carbocycles. The van der Waals surface area contributed by atoms with E-state index in [0.29, 0.717) is 34.0 Å². The van der Waals surface area contributed by atoms with Gasteiger partial charge in [-0.1, -0.05) is 24.3 Å². The van der Waals surface area contributed by atoms with Crippen LogP contribution in [0.2, 0.25) is 0 Å². The Morgan fingerprint density at radius 2 is 1.49 bits per heavy atom. The summed E-state index contributed by atoms with van der Waals surface area (Å²) in [4.78, 5) is 11.2. The number of ether oxygens (including phenoxy) is 4. The van der Waals surface area contributed by atoms with E-state index in [9.17, 15) is 22.9 Å². The van der Waals surface area contributed by atoms with E-state index in [4.69, 9.17) is 18.9 Å². The standard InChI is InChI=1S/C24H31NO6.C6H6O3S/c1-25(11-9-24(26)27)10-8-17-14-22(30-4)23(31-5)15-18(17)19(25)12-16-6-7-20(28-2)21(13-16)29-3;7-10(8,9)6-4-2-1-3-5-6/h6-7,13-15,19H,8-12H2,1-5H3;1-5H,(H,7,8,9)/t19-,25?;/m1./s1. The second kappa shape index (κ2) is 13.7. The summed E-state index contributed by atoms with van der Waals surface area (Å²) in [7, 11) is 4.41. The van der Waals surface area contributed by atoms with Gasteiger partial charge < -0.3 is 33.1 Å². The molecule has 0 aromatic heterocycles. The lowest BCUT2D eigenvalue weighted by atomic mass is 9.86. The van der Waals surface area contributed by atoms with E-state index < -0.39 is 16.1 Å².